The van der Waals surface area contributed by atoms with Crippen molar-refractivity contribution in [3.05, 3.63) is 36.2 Å². The number of rotatable bonds is 5. The van der Waals surface area contributed by atoms with Crippen LogP contribution in [0.25, 0.3) is 11.2 Å². The molecule has 176 valence electrons. The molecule has 5 atom stereocenters. The number of phosphoric acid groups is 1. The number of hydrogen-bond acceptors (Lipinski definition) is 10. The van der Waals surface area contributed by atoms with Gasteiger partial charge in [-0.2, -0.15) is 9.97 Å². The number of aromatic nitrogens is 4. The molecule has 0 radical (unpaired) electrons. The van der Waals surface area contributed by atoms with Gasteiger partial charge in [-0.25, -0.2) is 13.9 Å². The largest absolute Gasteiger partial charge is 0.530 e. The maximum absolute atomic E-state index is 16.2. The number of nitrogens with zero attached hydrogens (tertiary/aromatic N) is 4. The lowest BCUT2D eigenvalue weighted by Gasteiger charge is -2.33. The molecule has 33 heavy (non-hydrogen) atoms. The second-order valence-corrected chi connectivity index (χ2v) is 9.54. The van der Waals surface area contributed by atoms with Crippen LogP contribution in [-0.4, -0.2) is 50.6 Å². The minimum absolute atomic E-state index is 0.0562. The maximum Gasteiger partial charge on any atom is 0.530 e. The molecule has 2 fully saturated rings. The number of aryl methyl sites for hydroxylation is 1. The highest BCUT2D eigenvalue weighted by molar-refractivity contribution is 7.49. The van der Waals surface area contributed by atoms with Crippen molar-refractivity contribution in [2.45, 2.75) is 44.9 Å². The van der Waals surface area contributed by atoms with Crippen LogP contribution < -0.4 is 15.0 Å². The topological polar surface area (TPSA) is 133 Å². The van der Waals surface area contributed by atoms with Crippen LogP contribution in [0.3, 0.4) is 0 Å². The summed E-state index contributed by atoms with van der Waals surface area (Å²) in [6.07, 6.45) is -1.91. The molecule has 2 N–H and O–H groups in total. The number of anilines is 1. The van der Waals surface area contributed by atoms with E-state index in [1.165, 1.54) is 17.8 Å². The minimum atomic E-state index is -4.09. The zero-order valence-corrected chi connectivity index (χ0v) is 19.1. The van der Waals surface area contributed by atoms with E-state index in [9.17, 15) is 4.57 Å². The molecule has 13 heteroatoms. The minimum Gasteiger partial charge on any atom is -0.476 e. The van der Waals surface area contributed by atoms with Crippen molar-refractivity contribution in [1.82, 2.24) is 19.5 Å². The number of halogens is 1. The molecule has 0 saturated carbocycles. The number of nitrogens with two attached hydrogens (primary N) is 1. The number of phosphoric ester groups is 1. The number of ether oxygens (including phenoxy) is 2. The van der Waals surface area contributed by atoms with Crippen LogP contribution in [0.5, 0.6) is 11.6 Å². The summed E-state index contributed by atoms with van der Waals surface area (Å²) in [7, 11) is -4.09. The molecule has 0 amide bonds. The summed E-state index contributed by atoms with van der Waals surface area (Å²) in [5.41, 5.74) is 5.11. The molecule has 1 aromatic carbocycles. The Hall–Kier alpha value is -2.79. The van der Waals surface area contributed by atoms with Gasteiger partial charge in [0.15, 0.2) is 23.1 Å². The standard InChI is InChI=1S/C20H23FN5O6P/c1-4-28-17-14-16(24-19(22)25-17)26(10-23-14)18-20(3,21)15-13(30-18)9-29-33(27,32-15)31-12-7-5-6-11(2)8-12/h5-8,10,13,15,18H,4,9H2,1-3H3,(H2,22,24,25)/t13-,15-,18-,20-,33?/m1/s1. The summed E-state index contributed by atoms with van der Waals surface area (Å²) >= 11 is 0. The molecule has 4 heterocycles. The lowest BCUT2D eigenvalue weighted by atomic mass is 9.98. The SMILES string of the molecule is CCOc1nc(N)nc2c1ncn2[C@@H]1O[C@@H]2COP(=O)(Oc3cccc(C)c3)O[C@H]2[C@@]1(C)F. The highest BCUT2D eigenvalue weighted by Crippen LogP contribution is 2.59. The molecule has 0 spiro atoms. The molecular formula is C20H23FN5O6P. The van der Waals surface area contributed by atoms with Gasteiger partial charge in [0.25, 0.3) is 0 Å². The summed E-state index contributed by atoms with van der Waals surface area (Å²) in [6.45, 7) is 5.10. The quantitative estimate of drug-likeness (QED) is 0.543. The first-order chi connectivity index (χ1) is 15.7. The van der Waals surface area contributed by atoms with Crippen molar-refractivity contribution in [1.29, 1.82) is 0 Å². The molecule has 0 aliphatic carbocycles. The fourth-order valence-corrected chi connectivity index (χ4v) is 5.49. The second kappa shape index (κ2) is 7.91. The van der Waals surface area contributed by atoms with Gasteiger partial charge in [0.1, 0.15) is 18.0 Å². The average Bonchev–Trinajstić information content (AvgIpc) is 3.26. The van der Waals surface area contributed by atoms with E-state index in [-0.39, 0.29) is 24.1 Å². The second-order valence-electron chi connectivity index (χ2n) is 8.00. The number of fused-ring (bicyclic) bond motifs is 2. The summed E-state index contributed by atoms with van der Waals surface area (Å²) in [4.78, 5) is 12.5. The molecule has 2 aliphatic heterocycles. The molecule has 11 nitrogen and oxygen atoms in total. The highest BCUT2D eigenvalue weighted by atomic mass is 31.2. The highest BCUT2D eigenvalue weighted by Gasteiger charge is 2.62. The molecule has 1 unspecified atom stereocenters. The predicted molar refractivity (Wildman–Crippen MR) is 115 cm³/mol. The first-order valence-corrected chi connectivity index (χ1v) is 11.8. The zero-order valence-electron chi connectivity index (χ0n) is 18.2. The molecule has 2 aliphatic rings. The van der Waals surface area contributed by atoms with Gasteiger partial charge in [0, 0.05) is 0 Å². The third-order valence-electron chi connectivity index (χ3n) is 5.47. The monoisotopic (exact) mass is 479 g/mol. The third kappa shape index (κ3) is 3.82. The van der Waals surface area contributed by atoms with Gasteiger partial charge in [-0.15, -0.1) is 0 Å². The number of imidazole rings is 1. The predicted octanol–water partition coefficient (Wildman–Crippen LogP) is 3.34. The molecular weight excluding hydrogens is 456 g/mol. The van der Waals surface area contributed by atoms with Gasteiger partial charge in [-0.05, 0) is 38.5 Å². The molecule has 0 bridgehead atoms. The molecule has 2 saturated heterocycles. The summed E-state index contributed by atoms with van der Waals surface area (Å²) < 4.78 is 58.5. The van der Waals surface area contributed by atoms with E-state index in [1.807, 2.05) is 13.0 Å². The van der Waals surface area contributed by atoms with Crippen LogP contribution in [0.4, 0.5) is 10.3 Å². The van der Waals surface area contributed by atoms with Crippen molar-refractivity contribution in [3.8, 4) is 11.6 Å². The Morgan fingerprint density at radius 3 is 2.97 bits per heavy atom. The van der Waals surface area contributed by atoms with E-state index < -0.39 is 31.9 Å². The molecule has 2 aromatic heterocycles. The van der Waals surface area contributed by atoms with Crippen LogP contribution in [0.15, 0.2) is 30.6 Å². The molecule has 3 aromatic rings. The van der Waals surface area contributed by atoms with Crippen molar-refractivity contribution >= 4 is 24.9 Å². The summed E-state index contributed by atoms with van der Waals surface area (Å²) in [6, 6.07) is 6.90. The van der Waals surface area contributed by atoms with Gasteiger partial charge in [-0.1, -0.05) is 12.1 Å². The first-order valence-electron chi connectivity index (χ1n) is 10.4. The Morgan fingerprint density at radius 1 is 1.39 bits per heavy atom. The van der Waals surface area contributed by atoms with Crippen molar-refractivity contribution in [2.24, 2.45) is 0 Å². The van der Waals surface area contributed by atoms with E-state index in [0.717, 1.165) is 5.56 Å². The first kappa shape index (κ1) is 22.0. The summed E-state index contributed by atoms with van der Waals surface area (Å²) in [5, 5.41) is 0. The van der Waals surface area contributed by atoms with Gasteiger partial charge < -0.3 is 19.7 Å². The van der Waals surface area contributed by atoms with Gasteiger partial charge >= 0.3 is 7.82 Å². The van der Waals surface area contributed by atoms with E-state index in [1.54, 1.807) is 25.1 Å². The average molecular weight is 479 g/mol. The van der Waals surface area contributed by atoms with E-state index in [0.29, 0.717) is 17.9 Å². The van der Waals surface area contributed by atoms with E-state index in [4.69, 9.17) is 28.8 Å². The maximum atomic E-state index is 16.2. The lowest BCUT2D eigenvalue weighted by molar-refractivity contribution is -0.0655. The smallest absolute Gasteiger partial charge is 0.476 e. The Bertz CT molecular complexity index is 1250. The summed E-state index contributed by atoms with van der Waals surface area (Å²) in [5.74, 6) is 0.425. The number of nitrogen functional groups attached to an aromatic ring is 1. The van der Waals surface area contributed by atoms with Crippen molar-refractivity contribution in [2.75, 3.05) is 18.9 Å². The zero-order chi connectivity index (χ0) is 23.4. The van der Waals surface area contributed by atoms with Crippen LogP contribution in [0.2, 0.25) is 0 Å². The van der Waals surface area contributed by atoms with Crippen LogP contribution in [0.1, 0.15) is 25.6 Å². The Kier molecular flexibility index (Phi) is 5.28. The van der Waals surface area contributed by atoms with Gasteiger partial charge in [0.2, 0.25) is 11.8 Å². The Balaban J connectivity index is 1.45. The fourth-order valence-electron chi connectivity index (χ4n) is 4.01. The van der Waals surface area contributed by atoms with Crippen molar-refractivity contribution < 1.29 is 32.0 Å². The number of hydrogen-bond donors (Lipinski definition) is 1. The van der Waals surface area contributed by atoms with Crippen LogP contribution in [0, 0.1) is 6.92 Å². The number of alkyl halides is 1. The van der Waals surface area contributed by atoms with E-state index >= 15 is 4.39 Å². The Morgan fingerprint density at radius 2 is 2.21 bits per heavy atom. The van der Waals surface area contributed by atoms with E-state index in [2.05, 4.69) is 15.0 Å². The van der Waals surface area contributed by atoms with Crippen LogP contribution in [-0.2, 0) is 18.3 Å². The lowest BCUT2D eigenvalue weighted by Crippen LogP contribution is -2.45. The number of benzene rings is 1. The molecule has 5 rings (SSSR count). The van der Waals surface area contributed by atoms with Gasteiger partial charge in [-0.3, -0.25) is 13.6 Å². The van der Waals surface area contributed by atoms with Crippen LogP contribution >= 0.6 is 7.82 Å². The van der Waals surface area contributed by atoms with Crippen molar-refractivity contribution in [3.63, 3.8) is 0 Å². The fraction of sp³-hybridized carbons (Fsp3) is 0.450. The Labute approximate surface area is 188 Å². The van der Waals surface area contributed by atoms with Gasteiger partial charge in [0.05, 0.1) is 19.5 Å². The normalized spacial score (nSPS) is 31.5. The third-order valence-corrected chi connectivity index (χ3v) is 6.85.